The van der Waals surface area contributed by atoms with E-state index in [0.29, 0.717) is 24.8 Å². The Morgan fingerprint density at radius 2 is 1.92 bits per heavy atom. The van der Waals surface area contributed by atoms with Crippen molar-refractivity contribution in [2.75, 3.05) is 39.3 Å². The summed E-state index contributed by atoms with van der Waals surface area (Å²) in [5.41, 5.74) is 0.573. The molecule has 2 atom stereocenters. The van der Waals surface area contributed by atoms with Crippen LogP contribution in [0.15, 0.2) is 30.3 Å². The third-order valence-corrected chi connectivity index (χ3v) is 4.92. The molecule has 2 aliphatic heterocycles. The number of rotatable bonds is 5. The van der Waals surface area contributed by atoms with Crippen molar-refractivity contribution in [3.63, 3.8) is 0 Å². The van der Waals surface area contributed by atoms with Gasteiger partial charge in [0.2, 0.25) is 5.91 Å². The van der Waals surface area contributed by atoms with Crippen LogP contribution in [0.4, 0.5) is 0 Å². The number of hydrogen-bond acceptors (Lipinski definition) is 4. The number of nitrogens with zero attached hydrogens (tertiary/aromatic N) is 2. The topological polar surface area (TPSA) is 61.9 Å². The normalized spacial score (nSPS) is 22.6. The predicted octanol–water partition coefficient (Wildman–Crippen LogP) is 1.13. The fourth-order valence-electron chi connectivity index (χ4n) is 3.43. The van der Waals surface area contributed by atoms with Gasteiger partial charge in [-0.1, -0.05) is 18.2 Å². The zero-order chi connectivity index (χ0) is 17.6. The number of ether oxygens (including phenoxy) is 1. The van der Waals surface area contributed by atoms with E-state index in [1.807, 2.05) is 23.1 Å². The molecule has 3 rings (SSSR count). The molecule has 2 heterocycles. The van der Waals surface area contributed by atoms with Gasteiger partial charge in [-0.3, -0.25) is 14.5 Å². The van der Waals surface area contributed by atoms with Crippen LogP contribution in [0.5, 0.6) is 0 Å². The Kier molecular flexibility index (Phi) is 6.04. The maximum Gasteiger partial charge on any atom is 0.251 e. The first-order chi connectivity index (χ1) is 12.1. The molecule has 25 heavy (non-hydrogen) atoms. The lowest BCUT2D eigenvalue weighted by Crippen LogP contribution is -2.54. The highest BCUT2D eigenvalue weighted by molar-refractivity contribution is 5.97. The zero-order valence-corrected chi connectivity index (χ0v) is 14.8. The Bertz CT molecular complexity index is 579. The number of nitrogens with one attached hydrogen (secondary N) is 1. The molecular weight excluding hydrogens is 318 g/mol. The number of benzene rings is 1. The molecular formula is C19H27N3O3. The summed E-state index contributed by atoms with van der Waals surface area (Å²) < 4.78 is 5.68. The maximum atomic E-state index is 12.6. The van der Waals surface area contributed by atoms with E-state index in [9.17, 15) is 9.59 Å². The van der Waals surface area contributed by atoms with E-state index in [0.717, 1.165) is 39.1 Å². The van der Waals surface area contributed by atoms with E-state index in [1.54, 1.807) is 19.1 Å². The molecule has 1 aromatic carbocycles. The van der Waals surface area contributed by atoms with Crippen LogP contribution in [0.3, 0.4) is 0 Å². The molecule has 1 N–H and O–H groups in total. The molecule has 0 bridgehead atoms. The number of piperazine rings is 1. The second-order valence-corrected chi connectivity index (χ2v) is 6.82. The molecule has 2 aliphatic rings. The minimum Gasteiger partial charge on any atom is -0.377 e. The van der Waals surface area contributed by atoms with E-state index >= 15 is 0 Å². The lowest BCUT2D eigenvalue weighted by molar-refractivity contribution is -0.134. The standard InChI is InChI=1S/C19H27N3O3/c1-15(20-18(23)16-6-3-2-4-7-16)19(24)22-11-9-21(10-12-22)14-17-8-5-13-25-17/h2-4,6-7,15,17H,5,8-14H2,1H3,(H,20,23). The van der Waals surface area contributed by atoms with Crippen LogP contribution in [0.1, 0.15) is 30.1 Å². The fraction of sp³-hybridized carbons (Fsp3) is 0.579. The quantitative estimate of drug-likeness (QED) is 0.869. The van der Waals surface area contributed by atoms with E-state index in [4.69, 9.17) is 4.74 Å². The zero-order valence-electron chi connectivity index (χ0n) is 14.8. The molecule has 0 aromatic heterocycles. The molecule has 0 radical (unpaired) electrons. The molecule has 6 heteroatoms. The monoisotopic (exact) mass is 345 g/mol. The average molecular weight is 345 g/mol. The summed E-state index contributed by atoms with van der Waals surface area (Å²) in [5, 5.41) is 2.80. The number of carbonyl (C=O) groups is 2. The van der Waals surface area contributed by atoms with Gasteiger partial charge in [-0.2, -0.15) is 0 Å². The van der Waals surface area contributed by atoms with Crippen LogP contribution >= 0.6 is 0 Å². The lowest BCUT2D eigenvalue weighted by atomic mass is 10.1. The van der Waals surface area contributed by atoms with Crippen molar-refractivity contribution in [3.8, 4) is 0 Å². The van der Waals surface area contributed by atoms with Gasteiger partial charge in [0, 0.05) is 44.9 Å². The van der Waals surface area contributed by atoms with Crippen molar-refractivity contribution in [2.45, 2.75) is 31.9 Å². The van der Waals surface area contributed by atoms with Crippen LogP contribution < -0.4 is 5.32 Å². The molecule has 2 unspecified atom stereocenters. The highest BCUT2D eigenvalue weighted by Gasteiger charge is 2.27. The van der Waals surface area contributed by atoms with Crippen LogP contribution in [0.2, 0.25) is 0 Å². The lowest BCUT2D eigenvalue weighted by Gasteiger charge is -2.36. The van der Waals surface area contributed by atoms with Crippen molar-refractivity contribution in [3.05, 3.63) is 35.9 Å². The second-order valence-electron chi connectivity index (χ2n) is 6.82. The van der Waals surface area contributed by atoms with E-state index in [2.05, 4.69) is 10.2 Å². The molecule has 6 nitrogen and oxygen atoms in total. The van der Waals surface area contributed by atoms with Crippen molar-refractivity contribution >= 4 is 11.8 Å². The Morgan fingerprint density at radius 3 is 2.56 bits per heavy atom. The molecule has 136 valence electrons. The van der Waals surface area contributed by atoms with Crippen molar-refractivity contribution in [2.24, 2.45) is 0 Å². The van der Waals surface area contributed by atoms with E-state index in [-0.39, 0.29) is 11.8 Å². The van der Waals surface area contributed by atoms with Crippen molar-refractivity contribution < 1.29 is 14.3 Å². The van der Waals surface area contributed by atoms with Gasteiger partial charge < -0.3 is 15.0 Å². The van der Waals surface area contributed by atoms with Crippen LogP contribution in [0.25, 0.3) is 0 Å². The first-order valence-electron chi connectivity index (χ1n) is 9.12. The summed E-state index contributed by atoms with van der Waals surface area (Å²) in [5.74, 6) is -0.223. The van der Waals surface area contributed by atoms with Crippen LogP contribution in [-0.2, 0) is 9.53 Å². The predicted molar refractivity (Wildman–Crippen MR) is 95.4 cm³/mol. The average Bonchev–Trinajstić information content (AvgIpc) is 3.15. The van der Waals surface area contributed by atoms with Gasteiger partial charge in [-0.15, -0.1) is 0 Å². The van der Waals surface area contributed by atoms with Crippen LogP contribution in [-0.4, -0.2) is 73.1 Å². The van der Waals surface area contributed by atoms with Gasteiger partial charge in [0.1, 0.15) is 6.04 Å². The van der Waals surface area contributed by atoms with Crippen LogP contribution in [0, 0.1) is 0 Å². The number of carbonyl (C=O) groups excluding carboxylic acids is 2. The molecule has 0 saturated carbocycles. The van der Waals surface area contributed by atoms with E-state index < -0.39 is 6.04 Å². The molecule has 2 amide bonds. The van der Waals surface area contributed by atoms with Gasteiger partial charge in [0.15, 0.2) is 0 Å². The first kappa shape index (κ1) is 17.9. The Hall–Kier alpha value is -1.92. The first-order valence-corrected chi connectivity index (χ1v) is 9.12. The molecule has 1 aromatic rings. The molecule has 2 saturated heterocycles. The maximum absolute atomic E-state index is 12.6. The van der Waals surface area contributed by atoms with Gasteiger partial charge in [-0.05, 0) is 31.9 Å². The Morgan fingerprint density at radius 1 is 1.20 bits per heavy atom. The number of hydrogen-bond donors (Lipinski definition) is 1. The Labute approximate surface area is 149 Å². The SMILES string of the molecule is CC(NC(=O)c1ccccc1)C(=O)N1CCN(CC2CCCO2)CC1. The summed E-state index contributed by atoms with van der Waals surface area (Å²) in [4.78, 5) is 29.0. The molecule has 0 aliphatic carbocycles. The molecule has 0 spiro atoms. The summed E-state index contributed by atoms with van der Waals surface area (Å²) in [7, 11) is 0. The fourth-order valence-corrected chi connectivity index (χ4v) is 3.43. The smallest absolute Gasteiger partial charge is 0.251 e. The molecule has 2 fully saturated rings. The summed E-state index contributed by atoms with van der Waals surface area (Å²) >= 11 is 0. The van der Waals surface area contributed by atoms with Gasteiger partial charge in [-0.25, -0.2) is 0 Å². The van der Waals surface area contributed by atoms with Gasteiger partial charge >= 0.3 is 0 Å². The third kappa shape index (κ3) is 4.80. The summed E-state index contributed by atoms with van der Waals surface area (Å²) in [6.45, 7) is 6.73. The van der Waals surface area contributed by atoms with E-state index in [1.165, 1.54) is 0 Å². The Balaban J connectivity index is 1.44. The van der Waals surface area contributed by atoms with Crippen molar-refractivity contribution in [1.82, 2.24) is 15.1 Å². The third-order valence-electron chi connectivity index (χ3n) is 4.92. The largest absolute Gasteiger partial charge is 0.377 e. The minimum absolute atomic E-state index is 0.0129. The second kappa shape index (κ2) is 8.45. The highest BCUT2D eigenvalue weighted by atomic mass is 16.5. The van der Waals surface area contributed by atoms with Gasteiger partial charge in [0.05, 0.1) is 6.10 Å². The van der Waals surface area contributed by atoms with Crippen molar-refractivity contribution in [1.29, 1.82) is 0 Å². The summed E-state index contributed by atoms with van der Waals surface area (Å²) in [6.07, 6.45) is 2.65. The number of amides is 2. The minimum atomic E-state index is -0.516. The van der Waals surface area contributed by atoms with Gasteiger partial charge in [0.25, 0.3) is 5.91 Å². The summed E-state index contributed by atoms with van der Waals surface area (Å²) in [6, 6.07) is 8.47. The highest BCUT2D eigenvalue weighted by Crippen LogP contribution is 2.14.